The molecule has 0 aromatic heterocycles. The number of rotatable bonds is 5. The second-order valence-corrected chi connectivity index (χ2v) is 7.61. The first-order chi connectivity index (χ1) is 12.6. The molecule has 0 radical (unpaired) electrons. The van der Waals surface area contributed by atoms with Crippen LogP contribution in [0.4, 0.5) is 4.79 Å². The second-order valence-electron chi connectivity index (χ2n) is 6.32. The number of phenolic OH excluding ortho intramolecular Hbond substituents is 1. The van der Waals surface area contributed by atoms with Gasteiger partial charge in [-0.25, -0.2) is 9.10 Å². The van der Waals surface area contributed by atoms with Crippen LogP contribution in [0.2, 0.25) is 0 Å². The molecule has 0 unspecified atom stereocenters. The number of fused-ring (bicyclic) bond motifs is 1. The minimum absolute atomic E-state index is 0.0144. The van der Waals surface area contributed by atoms with Gasteiger partial charge >= 0.3 is 16.4 Å². The highest BCUT2D eigenvalue weighted by molar-refractivity contribution is 7.84. The van der Waals surface area contributed by atoms with Crippen molar-refractivity contribution in [3.05, 3.63) is 29.8 Å². The standard InChI is InChI=1S/C15H17N3O8S/c19-9-3-1-8(2-4-9)7-10(16-15(22)23)13(20)17-6-5-11-12(17)14(21)18(11)27(24,25)26/h1-4,10-12,16,19H,5-7H2,(H,22,23)(H,24,25,26)/t10-,11+,12-/m0/s1. The molecular weight excluding hydrogens is 382 g/mol. The number of carbonyl (C=O) groups is 3. The predicted octanol–water partition coefficient (Wildman–Crippen LogP) is -0.815. The predicted molar refractivity (Wildman–Crippen MR) is 89.1 cm³/mol. The molecule has 1 aromatic rings. The molecule has 3 rings (SSSR count). The van der Waals surface area contributed by atoms with Crippen LogP contribution in [0.25, 0.3) is 0 Å². The molecule has 0 spiro atoms. The Kier molecular flexibility index (Phi) is 4.70. The van der Waals surface area contributed by atoms with E-state index in [1.165, 1.54) is 24.3 Å². The van der Waals surface area contributed by atoms with Gasteiger partial charge in [-0.2, -0.15) is 8.42 Å². The largest absolute Gasteiger partial charge is 0.508 e. The van der Waals surface area contributed by atoms with Crippen molar-refractivity contribution < 1.29 is 37.6 Å². The van der Waals surface area contributed by atoms with Crippen LogP contribution in [0.1, 0.15) is 12.0 Å². The smallest absolute Gasteiger partial charge is 0.405 e. The zero-order valence-corrected chi connectivity index (χ0v) is 14.7. The monoisotopic (exact) mass is 399 g/mol. The Morgan fingerprint density at radius 3 is 2.44 bits per heavy atom. The molecule has 27 heavy (non-hydrogen) atoms. The summed E-state index contributed by atoms with van der Waals surface area (Å²) in [5, 5.41) is 20.4. The third-order valence-electron chi connectivity index (χ3n) is 4.64. The van der Waals surface area contributed by atoms with E-state index in [0.29, 0.717) is 9.87 Å². The van der Waals surface area contributed by atoms with Gasteiger partial charge in [-0.15, -0.1) is 0 Å². The van der Waals surface area contributed by atoms with Crippen LogP contribution in [0, 0.1) is 0 Å². The highest BCUT2D eigenvalue weighted by Crippen LogP contribution is 2.36. The highest BCUT2D eigenvalue weighted by Gasteiger charge is 2.60. The number of β-lactam (4-membered cyclic amide) rings is 1. The average Bonchev–Trinajstić information content (AvgIpc) is 2.92. The summed E-state index contributed by atoms with van der Waals surface area (Å²) in [6.45, 7) is 0.0549. The van der Waals surface area contributed by atoms with Gasteiger partial charge in [0.1, 0.15) is 17.8 Å². The van der Waals surface area contributed by atoms with Gasteiger partial charge in [0.2, 0.25) is 5.91 Å². The maximum atomic E-state index is 12.8. The Hall–Kier alpha value is -2.86. The summed E-state index contributed by atoms with van der Waals surface area (Å²) in [5.74, 6) is -1.58. The van der Waals surface area contributed by atoms with Crippen LogP contribution >= 0.6 is 0 Å². The SMILES string of the molecule is O=C(O)N[C@@H](Cc1ccc(O)cc1)C(=O)N1CC[C@@H]2[C@H]1C(=O)N2S(=O)(=O)O. The van der Waals surface area contributed by atoms with E-state index in [0.717, 1.165) is 4.90 Å². The zero-order valence-electron chi connectivity index (χ0n) is 13.8. The Labute approximate surface area is 154 Å². The molecule has 0 bridgehead atoms. The molecule has 4 N–H and O–H groups in total. The second kappa shape index (κ2) is 6.70. The van der Waals surface area contributed by atoms with E-state index in [2.05, 4.69) is 5.32 Å². The maximum absolute atomic E-state index is 12.8. The highest BCUT2D eigenvalue weighted by atomic mass is 32.2. The number of likely N-dealkylation sites (tertiary alicyclic amines) is 1. The molecule has 3 atom stereocenters. The first-order valence-corrected chi connectivity index (χ1v) is 9.38. The lowest BCUT2D eigenvalue weighted by molar-refractivity contribution is -0.152. The first kappa shape index (κ1) is 18.9. The van der Waals surface area contributed by atoms with Gasteiger partial charge in [-0.05, 0) is 24.1 Å². The number of carboxylic acid groups (broad SMARTS) is 1. The van der Waals surface area contributed by atoms with E-state index >= 15 is 0 Å². The molecule has 146 valence electrons. The van der Waals surface area contributed by atoms with Gasteiger partial charge in [0.15, 0.2) is 0 Å². The van der Waals surface area contributed by atoms with Gasteiger partial charge < -0.3 is 20.4 Å². The summed E-state index contributed by atoms with van der Waals surface area (Å²) in [6, 6.07) is 2.75. The maximum Gasteiger partial charge on any atom is 0.405 e. The quantitative estimate of drug-likeness (QED) is 0.368. The molecule has 12 heteroatoms. The molecule has 3 amide bonds. The number of hydrogen-bond donors (Lipinski definition) is 4. The lowest BCUT2D eigenvalue weighted by Gasteiger charge is -2.43. The Morgan fingerprint density at radius 1 is 1.26 bits per heavy atom. The van der Waals surface area contributed by atoms with Crippen LogP contribution in [-0.2, 0) is 26.3 Å². The number of aromatic hydroxyl groups is 1. The fourth-order valence-corrected chi connectivity index (χ4v) is 4.38. The van der Waals surface area contributed by atoms with Gasteiger partial charge in [0.25, 0.3) is 5.91 Å². The third-order valence-corrected chi connectivity index (χ3v) is 5.59. The lowest BCUT2D eigenvalue weighted by atomic mass is 9.99. The van der Waals surface area contributed by atoms with Crippen molar-refractivity contribution >= 4 is 28.2 Å². The Balaban J connectivity index is 1.78. The third kappa shape index (κ3) is 3.53. The van der Waals surface area contributed by atoms with E-state index in [-0.39, 0.29) is 25.1 Å². The van der Waals surface area contributed by atoms with E-state index in [1.54, 1.807) is 0 Å². The molecule has 2 aliphatic heterocycles. The summed E-state index contributed by atoms with van der Waals surface area (Å²) in [6.07, 6.45) is -1.29. The van der Waals surface area contributed by atoms with Crippen molar-refractivity contribution in [2.24, 2.45) is 0 Å². The molecule has 2 aliphatic rings. The zero-order chi connectivity index (χ0) is 19.9. The molecule has 2 heterocycles. The van der Waals surface area contributed by atoms with E-state index in [9.17, 15) is 27.9 Å². The Bertz CT molecular complexity index is 885. The fourth-order valence-electron chi connectivity index (χ4n) is 3.48. The van der Waals surface area contributed by atoms with E-state index in [1.807, 2.05) is 0 Å². The van der Waals surface area contributed by atoms with Crippen molar-refractivity contribution in [3.8, 4) is 5.75 Å². The molecule has 0 saturated carbocycles. The number of nitrogens with zero attached hydrogens (tertiary/aromatic N) is 2. The number of hydrogen-bond acceptors (Lipinski definition) is 6. The topological polar surface area (TPSA) is 165 Å². The van der Waals surface area contributed by atoms with Crippen molar-refractivity contribution in [3.63, 3.8) is 0 Å². The van der Waals surface area contributed by atoms with Crippen LogP contribution < -0.4 is 5.32 Å². The summed E-state index contributed by atoms with van der Waals surface area (Å²) in [5.41, 5.74) is 0.579. The molecule has 1 aromatic carbocycles. The molecule has 2 saturated heterocycles. The minimum atomic E-state index is -4.70. The Morgan fingerprint density at radius 2 is 1.89 bits per heavy atom. The minimum Gasteiger partial charge on any atom is -0.508 e. The first-order valence-electron chi connectivity index (χ1n) is 7.98. The van der Waals surface area contributed by atoms with Crippen molar-refractivity contribution in [1.29, 1.82) is 0 Å². The number of amides is 3. The molecule has 0 aliphatic carbocycles. The molecular formula is C15H17N3O8S. The van der Waals surface area contributed by atoms with Crippen LogP contribution in [-0.4, -0.2) is 75.0 Å². The van der Waals surface area contributed by atoms with Gasteiger partial charge in [0, 0.05) is 13.0 Å². The van der Waals surface area contributed by atoms with Gasteiger partial charge in [-0.1, -0.05) is 12.1 Å². The van der Waals surface area contributed by atoms with Crippen LogP contribution in [0.15, 0.2) is 24.3 Å². The summed E-state index contributed by atoms with van der Waals surface area (Å²) < 4.78 is 31.9. The van der Waals surface area contributed by atoms with Crippen LogP contribution in [0.3, 0.4) is 0 Å². The van der Waals surface area contributed by atoms with Crippen molar-refractivity contribution in [2.75, 3.05) is 6.54 Å². The number of benzene rings is 1. The van der Waals surface area contributed by atoms with Gasteiger partial charge in [0.05, 0.1) is 6.04 Å². The number of carbonyl (C=O) groups excluding carboxylic acids is 2. The number of nitrogens with one attached hydrogen (secondary N) is 1. The molecule has 2 fully saturated rings. The normalized spacial score (nSPS) is 22.8. The summed E-state index contributed by atoms with van der Waals surface area (Å²) in [7, 11) is -4.70. The van der Waals surface area contributed by atoms with Crippen molar-refractivity contribution in [1.82, 2.24) is 14.5 Å². The van der Waals surface area contributed by atoms with E-state index in [4.69, 9.17) is 9.66 Å². The van der Waals surface area contributed by atoms with Crippen molar-refractivity contribution in [2.45, 2.75) is 31.0 Å². The fraction of sp³-hybridized carbons (Fsp3) is 0.400. The van der Waals surface area contributed by atoms with Gasteiger partial charge in [-0.3, -0.25) is 14.1 Å². The molecule has 11 nitrogen and oxygen atoms in total. The van der Waals surface area contributed by atoms with E-state index < -0.39 is 46.3 Å². The lowest BCUT2D eigenvalue weighted by Crippen LogP contribution is -2.69. The summed E-state index contributed by atoms with van der Waals surface area (Å²) in [4.78, 5) is 37.1. The van der Waals surface area contributed by atoms with Crippen LogP contribution in [0.5, 0.6) is 5.75 Å². The summed E-state index contributed by atoms with van der Waals surface area (Å²) >= 11 is 0. The number of phenols is 1. The average molecular weight is 399 g/mol.